The van der Waals surface area contributed by atoms with E-state index < -0.39 is 0 Å². The van der Waals surface area contributed by atoms with Crippen LogP contribution in [0.15, 0.2) is 212 Å². The summed E-state index contributed by atoms with van der Waals surface area (Å²) in [5.74, 6) is 0. The Morgan fingerprint density at radius 1 is 0.297 bits per heavy atom. The molecule has 358 valence electrons. The maximum Gasteiger partial charge on any atom is 0.0435 e. The fourth-order valence-corrected chi connectivity index (χ4v) is 12.7. The van der Waals surface area contributed by atoms with Crippen molar-refractivity contribution in [2.24, 2.45) is 0 Å². The standard InChI is InChI=1S/C74H62/c1-45-23-34-58-59-35-24-46(2)40-66(59)74(9,65(58)39-45)56-33-36-61-64(44-56)68(50-19-14-11-15-20-50)70-62-22-16-21-60-57(37-38-63(69(60)62)71(70)67(61)49-17-12-10-13-18-49)53-42-51(47-25-29-54(30-26-47)72(3,4)5)41-52(43-53)48-27-31-55(32-28-48)73(6,7)8/h10-44H,1-9H3. The largest absolute Gasteiger partial charge is 0.0622 e. The van der Waals surface area contributed by atoms with Crippen LogP contribution in [0.25, 0.3) is 111 Å². The molecule has 0 amide bonds. The van der Waals surface area contributed by atoms with Crippen LogP contribution in [0.4, 0.5) is 0 Å². The van der Waals surface area contributed by atoms with E-state index in [4.69, 9.17) is 0 Å². The molecular weight excluding hydrogens is 889 g/mol. The molecule has 0 unspecified atom stereocenters. The maximum absolute atomic E-state index is 2.57. The van der Waals surface area contributed by atoms with Crippen molar-refractivity contribution in [3.05, 3.63) is 251 Å². The molecule has 11 aromatic carbocycles. The number of fused-ring (bicyclic) bond motifs is 7. The van der Waals surface area contributed by atoms with Crippen LogP contribution < -0.4 is 0 Å². The van der Waals surface area contributed by atoms with Gasteiger partial charge in [0.1, 0.15) is 0 Å². The minimum atomic E-state index is -0.356. The molecule has 0 N–H and O–H groups in total. The van der Waals surface area contributed by atoms with E-state index in [2.05, 4.69) is 275 Å². The summed E-state index contributed by atoms with van der Waals surface area (Å²) in [6.45, 7) is 20.7. The number of benzene rings is 11. The van der Waals surface area contributed by atoms with Crippen molar-refractivity contribution in [1.29, 1.82) is 0 Å². The van der Waals surface area contributed by atoms with E-state index in [0.29, 0.717) is 0 Å². The Labute approximate surface area is 438 Å². The van der Waals surface area contributed by atoms with E-state index in [1.165, 1.54) is 150 Å². The van der Waals surface area contributed by atoms with Gasteiger partial charge in [-0.3, -0.25) is 0 Å². The predicted molar refractivity (Wildman–Crippen MR) is 317 cm³/mol. The van der Waals surface area contributed by atoms with Crippen LogP contribution in [0.2, 0.25) is 0 Å². The van der Waals surface area contributed by atoms with Gasteiger partial charge in [-0.25, -0.2) is 0 Å². The molecule has 0 fully saturated rings. The highest BCUT2D eigenvalue weighted by molar-refractivity contribution is 6.29. The van der Waals surface area contributed by atoms with Crippen LogP contribution in [-0.4, -0.2) is 0 Å². The second-order valence-corrected chi connectivity index (χ2v) is 23.6. The van der Waals surface area contributed by atoms with Crippen molar-refractivity contribution in [3.63, 3.8) is 0 Å². The van der Waals surface area contributed by atoms with E-state index in [1.807, 2.05) is 0 Å². The first kappa shape index (κ1) is 45.8. The lowest BCUT2D eigenvalue weighted by Gasteiger charge is -2.30. The molecule has 0 aliphatic heterocycles. The smallest absolute Gasteiger partial charge is 0.0435 e. The highest BCUT2D eigenvalue weighted by Gasteiger charge is 2.42. The van der Waals surface area contributed by atoms with Crippen molar-refractivity contribution < 1.29 is 0 Å². The number of rotatable bonds is 6. The summed E-state index contributed by atoms with van der Waals surface area (Å²) < 4.78 is 0. The predicted octanol–water partition coefficient (Wildman–Crippen LogP) is 20.5. The maximum atomic E-state index is 2.57. The van der Waals surface area contributed by atoms with Crippen LogP contribution >= 0.6 is 0 Å². The van der Waals surface area contributed by atoms with Gasteiger partial charge in [0.15, 0.2) is 0 Å². The average molecular weight is 951 g/mol. The quantitative estimate of drug-likeness (QED) is 0.156. The Morgan fingerprint density at radius 3 is 1.27 bits per heavy atom. The van der Waals surface area contributed by atoms with Gasteiger partial charge in [-0.15, -0.1) is 0 Å². The molecule has 13 rings (SSSR count). The minimum Gasteiger partial charge on any atom is -0.0622 e. The van der Waals surface area contributed by atoms with Crippen molar-refractivity contribution >= 4 is 21.5 Å². The Kier molecular flexibility index (Phi) is 10.4. The summed E-state index contributed by atoms with van der Waals surface area (Å²) in [5, 5.41) is 5.13. The molecule has 0 spiro atoms. The molecule has 0 heteroatoms. The van der Waals surface area contributed by atoms with E-state index in [9.17, 15) is 0 Å². The zero-order valence-electron chi connectivity index (χ0n) is 44.2. The lowest BCUT2D eigenvalue weighted by molar-refractivity contribution is 0.590. The van der Waals surface area contributed by atoms with Crippen molar-refractivity contribution in [2.45, 2.75) is 78.6 Å². The van der Waals surface area contributed by atoms with Crippen molar-refractivity contribution in [1.82, 2.24) is 0 Å². The second kappa shape index (κ2) is 16.7. The molecule has 0 saturated carbocycles. The first-order chi connectivity index (χ1) is 35.6. The van der Waals surface area contributed by atoms with Gasteiger partial charge in [-0.05, 0) is 194 Å². The SMILES string of the molecule is Cc1ccc2c(c1)C(C)(c1ccc3c(-c4ccccc4)c4c(c(-c5ccccc5)c3c1)-c1cccc3c(-c5cc(-c6ccc(C(C)(C)C)cc6)cc(-c6ccc(C(C)(C)C)cc6)c5)ccc-4c13)c1cc(C)ccc1-2. The Hall–Kier alpha value is -8.06. The molecule has 11 aromatic rings. The van der Waals surface area contributed by atoms with Crippen LogP contribution in [0, 0.1) is 13.8 Å². The second-order valence-electron chi connectivity index (χ2n) is 23.6. The van der Waals surface area contributed by atoms with Crippen LogP contribution in [-0.2, 0) is 16.2 Å². The summed E-state index contributed by atoms with van der Waals surface area (Å²) in [4.78, 5) is 0. The summed E-state index contributed by atoms with van der Waals surface area (Å²) >= 11 is 0. The van der Waals surface area contributed by atoms with Gasteiger partial charge in [-0.1, -0.05) is 241 Å². The molecule has 0 saturated heterocycles. The summed E-state index contributed by atoms with van der Waals surface area (Å²) in [5.41, 5.74) is 29.4. The molecule has 0 aromatic heterocycles. The molecule has 0 atom stereocenters. The van der Waals surface area contributed by atoms with E-state index in [-0.39, 0.29) is 16.2 Å². The van der Waals surface area contributed by atoms with E-state index in [0.717, 1.165) is 0 Å². The monoisotopic (exact) mass is 950 g/mol. The molecule has 0 radical (unpaired) electrons. The zero-order valence-corrected chi connectivity index (χ0v) is 44.2. The first-order valence-electron chi connectivity index (χ1n) is 26.6. The molecule has 2 aliphatic rings. The summed E-state index contributed by atoms with van der Waals surface area (Å²) in [6, 6.07) is 81.6. The van der Waals surface area contributed by atoms with Gasteiger partial charge in [0.25, 0.3) is 0 Å². The molecule has 0 bridgehead atoms. The number of hydrogen-bond acceptors (Lipinski definition) is 0. The number of hydrogen-bond donors (Lipinski definition) is 0. The topological polar surface area (TPSA) is 0 Å². The summed E-state index contributed by atoms with van der Waals surface area (Å²) in [7, 11) is 0. The highest BCUT2D eigenvalue weighted by atomic mass is 14.4. The molecule has 0 nitrogen and oxygen atoms in total. The third-order valence-electron chi connectivity index (χ3n) is 16.7. The van der Waals surface area contributed by atoms with Crippen molar-refractivity contribution in [2.75, 3.05) is 0 Å². The lowest BCUT2D eigenvalue weighted by Crippen LogP contribution is -2.22. The van der Waals surface area contributed by atoms with Gasteiger partial charge < -0.3 is 0 Å². The molecule has 0 heterocycles. The fraction of sp³-hybridized carbons (Fsp3) is 0.162. The van der Waals surface area contributed by atoms with Crippen LogP contribution in [0.1, 0.15) is 87.4 Å². The summed E-state index contributed by atoms with van der Waals surface area (Å²) in [6.07, 6.45) is 0. The van der Waals surface area contributed by atoms with Gasteiger partial charge in [0.05, 0.1) is 0 Å². The van der Waals surface area contributed by atoms with Gasteiger partial charge in [0, 0.05) is 5.41 Å². The van der Waals surface area contributed by atoms with Gasteiger partial charge >= 0.3 is 0 Å². The average Bonchev–Trinajstić information content (AvgIpc) is 3.89. The molecule has 74 heavy (non-hydrogen) atoms. The Balaban J connectivity index is 1.08. The Bertz CT molecular complexity index is 3930. The first-order valence-corrected chi connectivity index (χ1v) is 26.6. The van der Waals surface area contributed by atoms with Gasteiger partial charge in [-0.2, -0.15) is 0 Å². The lowest BCUT2D eigenvalue weighted by atomic mass is 9.72. The number of aryl methyl sites for hydroxylation is 2. The molecular formula is C74H62. The fourth-order valence-electron chi connectivity index (χ4n) is 12.7. The van der Waals surface area contributed by atoms with Crippen molar-refractivity contribution in [3.8, 4) is 89.0 Å². The Morgan fingerprint density at radius 2 is 0.757 bits per heavy atom. The zero-order chi connectivity index (χ0) is 50.8. The van der Waals surface area contributed by atoms with Gasteiger partial charge in [0.2, 0.25) is 0 Å². The molecule has 2 aliphatic carbocycles. The van der Waals surface area contributed by atoms with E-state index >= 15 is 0 Å². The normalized spacial score (nSPS) is 13.3. The highest BCUT2D eigenvalue weighted by Crippen LogP contribution is 2.60. The third-order valence-corrected chi connectivity index (χ3v) is 16.7. The van der Waals surface area contributed by atoms with E-state index in [1.54, 1.807) is 0 Å². The minimum absolute atomic E-state index is 0.0719. The van der Waals surface area contributed by atoms with Crippen LogP contribution in [0.3, 0.4) is 0 Å². The third kappa shape index (κ3) is 7.17. The van der Waals surface area contributed by atoms with Crippen LogP contribution in [0.5, 0.6) is 0 Å².